The number of aromatic nitrogens is 1. The van der Waals surface area contributed by atoms with Crippen LogP contribution in [0.4, 0.5) is 0 Å². The highest BCUT2D eigenvalue weighted by Gasteiger charge is 2.59. The molecule has 148 valence electrons. The Hall–Kier alpha value is -1.82. The van der Waals surface area contributed by atoms with Crippen molar-refractivity contribution in [1.82, 2.24) is 14.8 Å². The van der Waals surface area contributed by atoms with Gasteiger partial charge in [0.15, 0.2) is 0 Å². The highest BCUT2D eigenvalue weighted by atomic mass is 16.5. The van der Waals surface area contributed by atoms with Crippen LogP contribution in [0.15, 0.2) is 6.07 Å². The summed E-state index contributed by atoms with van der Waals surface area (Å²) < 4.78 is 5.76. The van der Waals surface area contributed by atoms with Gasteiger partial charge in [0.2, 0.25) is 5.91 Å². The number of carbonyl (C=O) groups is 2. The largest absolute Gasteiger partial charge is 0.372 e. The van der Waals surface area contributed by atoms with Crippen molar-refractivity contribution >= 4 is 11.8 Å². The van der Waals surface area contributed by atoms with E-state index < -0.39 is 0 Å². The van der Waals surface area contributed by atoms with E-state index in [0.29, 0.717) is 24.7 Å². The van der Waals surface area contributed by atoms with E-state index in [1.807, 2.05) is 43.6 Å². The predicted octanol–water partition coefficient (Wildman–Crippen LogP) is 2.51. The van der Waals surface area contributed by atoms with Crippen molar-refractivity contribution in [2.24, 2.45) is 11.3 Å². The van der Waals surface area contributed by atoms with Crippen LogP contribution >= 0.6 is 0 Å². The zero-order valence-electron chi connectivity index (χ0n) is 16.9. The number of ether oxygens (including phenoxy) is 1. The number of rotatable bonds is 2. The lowest BCUT2D eigenvalue weighted by molar-refractivity contribution is -0.145. The van der Waals surface area contributed by atoms with Crippen molar-refractivity contribution in [3.8, 4) is 0 Å². The molecule has 2 aliphatic heterocycles. The van der Waals surface area contributed by atoms with Gasteiger partial charge < -0.3 is 19.5 Å². The van der Waals surface area contributed by atoms with Gasteiger partial charge >= 0.3 is 0 Å². The van der Waals surface area contributed by atoms with Gasteiger partial charge in [-0.25, -0.2) is 0 Å². The Morgan fingerprint density at radius 1 is 1.11 bits per heavy atom. The Labute approximate surface area is 161 Å². The molecule has 3 fully saturated rings. The van der Waals surface area contributed by atoms with Crippen molar-refractivity contribution in [3.63, 3.8) is 0 Å². The third-order valence-corrected chi connectivity index (χ3v) is 6.63. The number of aromatic amines is 1. The van der Waals surface area contributed by atoms with E-state index in [0.717, 1.165) is 43.6 Å². The number of piperidine rings is 1. The van der Waals surface area contributed by atoms with E-state index in [2.05, 4.69) is 4.98 Å². The van der Waals surface area contributed by atoms with Gasteiger partial charge in [0, 0.05) is 37.8 Å². The molecule has 2 amide bonds. The van der Waals surface area contributed by atoms with E-state index in [1.165, 1.54) is 0 Å². The Morgan fingerprint density at radius 3 is 2.30 bits per heavy atom. The number of amides is 2. The van der Waals surface area contributed by atoms with Crippen LogP contribution in [0, 0.1) is 25.2 Å². The second-order valence-electron chi connectivity index (χ2n) is 8.92. The van der Waals surface area contributed by atoms with Crippen molar-refractivity contribution in [2.75, 3.05) is 26.2 Å². The Morgan fingerprint density at radius 2 is 1.74 bits per heavy atom. The second kappa shape index (κ2) is 6.66. The fourth-order valence-corrected chi connectivity index (χ4v) is 5.09. The number of nitrogens with one attached hydrogen (secondary N) is 1. The van der Waals surface area contributed by atoms with Gasteiger partial charge in [-0.05, 0) is 64.0 Å². The molecule has 3 atom stereocenters. The van der Waals surface area contributed by atoms with Gasteiger partial charge in [-0.2, -0.15) is 0 Å². The van der Waals surface area contributed by atoms with Crippen molar-refractivity contribution < 1.29 is 14.3 Å². The summed E-state index contributed by atoms with van der Waals surface area (Å²) in [7, 11) is 0. The average molecular weight is 373 g/mol. The summed E-state index contributed by atoms with van der Waals surface area (Å²) in [5.74, 6) is 0.532. The van der Waals surface area contributed by atoms with Crippen LogP contribution in [0.1, 0.15) is 54.9 Å². The fourth-order valence-electron chi connectivity index (χ4n) is 5.09. The fraction of sp³-hybridized carbons (Fsp3) is 0.714. The molecule has 1 spiro atoms. The van der Waals surface area contributed by atoms with Crippen molar-refractivity contribution in [1.29, 1.82) is 0 Å². The lowest BCUT2D eigenvalue weighted by Gasteiger charge is -2.37. The monoisotopic (exact) mass is 373 g/mol. The van der Waals surface area contributed by atoms with Crippen molar-refractivity contribution in [2.45, 2.75) is 59.2 Å². The first-order valence-electron chi connectivity index (χ1n) is 10.2. The second-order valence-corrected chi connectivity index (χ2v) is 8.92. The zero-order valence-corrected chi connectivity index (χ0v) is 16.9. The SMILES string of the molecule is Cc1cc(C)c(C(=O)N2CCC3(CC2)C[C@@H]3C(=O)N2C[C@@H](C)O[C@@H](C)C2)[nH]1. The molecule has 1 N–H and O–H groups in total. The molecule has 0 aromatic carbocycles. The topological polar surface area (TPSA) is 65.6 Å². The molecule has 3 aliphatic rings. The summed E-state index contributed by atoms with van der Waals surface area (Å²) in [5.41, 5.74) is 2.86. The summed E-state index contributed by atoms with van der Waals surface area (Å²) in [5, 5.41) is 0. The Kier molecular flexibility index (Phi) is 4.57. The van der Waals surface area contributed by atoms with Crippen LogP contribution in [0.2, 0.25) is 0 Å². The quantitative estimate of drug-likeness (QED) is 0.866. The number of morpholine rings is 1. The standard InChI is InChI=1S/C21H31N3O3/c1-13-9-14(2)22-18(13)20(26)23-7-5-21(6-8-23)10-17(21)19(25)24-11-15(3)27-16(4)12-24/h9,15-17,22H,5-8,10-12H2,1-4H3/t15-,16+,17-/m1/s1. The number of carbonyl (C=O) groups excluding carboxylic acids is 2. The molecule has 0 bridgehead atoms. The van der Waals surface area contributed by atoms with E-state index >= 15 is 0 Å². The molecule has 2 saturated heterocycles. The first-order chi connectivity index (χ1) is 12.8. The molecule has 3 heterocycles. The molecule has 0 unspecified atom stereocenters. The number of likely N-dealkylation sites (tertiary alicyclic amines) is 1. The maximum absolute atomic E-state index is 13.0. The van der Waals surface area contributed by atoms with E-state index in [9.17, 15) is 9.59 Å². The van der Waals surface area contributed by atoms with E-state index in [4.69, 9.17) is 4.74 Å². The number of H-pyrrole nitrogens is 1. The summed E-state index contributed by atoms with van der Waals surface area (Å²) in [6.45, 7) is 10.9. The lowest BCUT2D eigenvalue weighted by Crippen LogP contribution is -2.49. The first kappa shape index (κ1) is 18.5. The molecule has 1 saturated carbocycles. The van der Waals surface area contributed by atoms with Gasteiger partial charge in [-0.1, -0.05) is 0 Å². The molecular formula is C21H31N3O3. The molecule has 27 heavy (non-hydrogen) atoms. The van der Waals surface area contributed by atoms with Crippen molar-refractivity contribution in [3.05, 3.63) is 23.0 Å². The minimum atomic E-state index is 0.0924. The number of nitrogens with zero attached hydrogens (tertiary/aromatic N) is 2. The van der Waals surface area contributed by atoms with E-state index in [1.54, 1.807) is 0 Å². The molecule has 1 aromatic rings. The van der Waals surface area contributed by atoms with Gasteiger partial charge in [-0.15, -0.1) is 0 Å². The van der Waals surface area contributed by atoms with Crippen LogP contribution in [0.3, 0.4) is 0 Å². The molecule has 0 radical (unpaired) electrons. The summed E-state index contributed by atoms with van der Waals surface area (Å²) in [4.78, 5) is 32.9. The molecule has 6 nitrogen and oxygen atoms in total. The molecule has 4 rings (SSSR count). The minimum absolute atomic E-state index is 0.0924. The highest BCUT2D eigenvalue weighted by molar-refractivity contribution is 5.94. The molecule has 1 aromatic heterocycles. The first-order valence-corrected chi connectivity index (χ1v) is 10.2. The number of aryl methyl sites for hydroxylation is 2. The highest BCUT2D eigenvalue weighted by Crippen LogP contribution is 2.60. The Balaban J connectivity index is 1.35. The third-order valence-electron chi connectivity index (χ3n) is 6.63. The normalized spacial score (nSPS) is 29.9. The number of hydrogen-bond donors (Lipinski definition) is 1. The van der Waals surface area contributed by atoms with Crippen LogP contribution in [0.25, 0.3) is 0 Å². The van der Waals surface area contributed by atoms with Crippen LogP contribution < -0.4 is 0 Å². The average Bonchev–Trinajstić information content (AvgIpc) is 3.19. The maximum Gasteiger partial charge on any atom is 0.270 e. The van der Waals surface area contributed by atoms with Gasteiger partial charge in [0.1, 0.15) is 5.69 Å². The van der Waals surface area contributed by atoms with Crippen LogP contribution in [-0.4, -0.2) is 65.0 Å². The predicted molar refractivity (Wildman–Crippen MR) is 103 cm³/mol. The zero-order chi connectivity index (χ0) is 19.3. The molecule has 6 heteroatoms. The number of hydrogen-bond acceptors (Lipinski definition) is 3. The summed E-state index contributed by atoms with van der Waals surface area (Å²) in [6, 6.07) is 2.01. The molecule has 1 aliphatic carbocycles. The third kappa shape index (κ3) is 3.40. The smallest absolute Gasteiger partial charge is 0.270 e. The van der Waals surface area contributed by atoms with Crippen LogP contribution in [-0.2, 0) is 9.53 Å². The molecular weight excluding hydrogens is 342 g/mol. The summed E-state index contributed by atoms with van der Waals surface area (Å²) >= 11 is 0. The minimum Gasteiger partial charge on any atom is -0.372 e. The Bertz CT molecular complexity index is 738. The van der Waals surface area contributed by atoms with Gasteiger partial charge in [0.25, 0.3) is 5.91 Å². The van der Waals surface area contributed by atoms with Crippen LogP contribution in [0.5, 0.6) is 0 Å². The summed E-state index contributed by atoms with van der Waals surface area (Å²) in [6.07, 6.45) is 3.07. The maximum atomic E-state index is 13.0. The van der Waals surface area contributed by atoms with Gasteiger partial charge in [-0.3, -0.25) is 9.59 Å². The van der Waals surface area contributed by atoms with E-state index in [-0.39, 0.29) is 29.4 Å². The van der Waals surface area contributed by atoms with Gasteiger partial charge in [0.05, 0.1) is 12.2 Å². The lowest BCUT2D eigenvalue weighted by atomic mass is 9.90.